The molecule has 14 heavy (non-hydrogen) atoms. The molecule has 5 heteroatoms. The predicted octanol–water partition coefficient (Wildman–Crippen LogP) is -0.120. The van der Waals surface area contributed by atoms with Crippen molar-refractivity contribution in [2.75, 3.05) is 11.6 Å². The summed E-state index contributed by atoms with van der Waals surface area (Å²) < 4.78 is 0. The second kappa shape index (κ2) is 4.86. The second-order valence-corrected chi connectivity index (χ2v) is 2.61. The van der Waals surface area contributed by atoms with E-state index in [2.05, 4.69) is 5.10 Å². The van der Waals surface area contributed by atoms with Crippen LogP contribution in [0, 0.1) is 0 Å². The zero-order chi connectivity index (χ0) is 10.4. The van der Waals surface area contributed by atoms with Crippen LogP contribution < -0.4 is 16.5 Å². The van der Waals surface area contributed by atoms with Crippen molar-refractivity contribution < 1.29 is 4.79 Å². The number of aldehydes is 1. The van der Waals surface area contributed by atoms with Gasteiger partial charge in [-0.25, -0.2) is 0 Å². The third-order valence-corrected chi connectivity index (χ3v) is 1.54. The summed E-state index contributed by atoms with van der Waals surface area (Å²) in [5.41, 5.74) is 11.2. The third kappa shape index (κ3) is 2.78. The Morgan fingerprint density at radius 2 is 2.00 bits per heavy atom. The summed E-state index contributed by atoms with van der Waals surface area (Å²) in [5.74, 6) is -0.0734. The SMILES string of the molecule is NC(N)=NN(CC=O)c1ccccc1. The van der Waals surface area contributed by atoms with E-state index >= 15 is 0 Å². The highest BCUT2D eigenvalue weighted by molar-refractivity contribution is 5.77. The van der Waals surface area contributed by atoms with E-state index in [0.29, 0.717) is 0 Å². The molecule has 0 aliphatic carbocycles. The molecular formula is C9H12N4O. The van der Waals surface area contributed by atoms with Gasteiger partial charge in [-0.05, 0) is 12.1 Å². The standard InChI is InChI=1S/C9H12N4O/c10-9(11)12-13(6-7-14)8-4-2-1-3-5-8/h1-5,7H,6H2,(H4,10,11,12). The summed E-state index contributed by atoms with van der Waals surface area (Å²) in [6, 6.07) is 9.19. The van der Waals surface area contributed by atoms with Gasteiger partial charge < -0.3 is 16.3 Å². The molecule has 0 aromatic heterocycles. The molecule has 0 amide bonds. The first-order chi connectivity index (χ1) is 6.74. The number of para-hydroxylation sites is 1. The van der Waals surface area contributed by atoms with Crippen LogP contribution in [0.25, 0.3) is 0 Å². The van der Waals surface area contributed by atoms with Crippen LogP contribution in [-0.4, -0.2) is 18.8 Å². The van der Waals surface area contributed by atoms with Gasteiger partial charge in [-0.15, -0.1) is 5.10 Å². The number of nitrogens with zero attached hydrogens (tertiary/aromatic N) is 2. The van der Waals surface area contributed by atoms with Crippen molar-refractivity contribution in [2.24, 2.45) is 16.6 Å². The molecule has 1 aromatic carbocycles. The van der Waals surface area contributed by atoms with E-state index in [0.717, 1.165) is 12.0 Å². The average Bonchev–Trinajstić information content (AvgIpc) is 2.18. The number of guanidine groups is 1. The Kier molecular flexibility index (Phi) is 3.49. The maximum absolute atomic E-state index is 10.4. The molecule has 0 radical (unpaired) electrons. The molecule has 0 unspecified atom stereocenters. The maximum atomic E-state index is 10.4. The van der Waals surface area contributed by atoms with Crippen LogP contribution in [0.5, 0.6) is 0 Å². The van der Waals surface area contributed by atoms with Crippen LogP contribution in [0.1, 0.15) is 0 Å². The first-order valence-corrected chi connectivity index (χ1v) is 4.10. The van der Waals surface area contributed by atoms with Gasteiger partial charge in [0.2, 0.25) is 5.96 Å². The van der Waals surface area contributed by atoms with Gasteiger partial charge in [0.1, 0.15) is 6.29 Å². The van der Waals surface area contributed by atoms with Crippen LogP contribution in [0.15, 0.2) is 35.4 Å². The molecule has 0 bridgehead atoms. The summed E-state index contributed by atoms with van der Waals surface area (Å²) in [7, 11) is 0. The van der Waals surface area contributed by atoms with Crippen molar-refractivity contribution in [3.05, 3.63) is 30.3 Å². The zero-order valence-corrected chi connectivity index (χ0v) is 7.63. The maximum Gasteiger partial charge on any atom is 0.209 e. The van der Waals surface area contributed by atoms with Gasteiger partial charge in [-0.2, -0.15) is 0 Å². The number of carbonyl (C=O) groups is 1. The number of benzene rings is 1. The third-order valence-electron chi connectivity index (χ3n) is 1.54. The Labute approximate surface area is 82.0 Å². The minimum atomic E-state index is -0.0734. The Hall–Kier alpha value is -2.04. The summed E-state index contributed by atoms with van der Waals surface area (Å²) in [6.07, 6.45) is 0.736. The number of hydrazone groups is 1. The Morgan fingerprint density at radius 3 is 2.50 bits per heavy atom. The largest absolute Gasteiger partial charge is 0.369 e. The van der Waals surface area contributed by atoms with Crippen molar-refractivity contribution in [1.29, 1.82) is 0 Å². The van der Waals surface area contributed by atoms with E-state index in [1.54, 1.807) is 0 Å². The Bertz CT molecular complexity index is 319. The lowest BCUT2D eigenvalue weighted by Gasteiger charge is -2.15. The normalized spacial score (nSPS) is 9.14. The fraction of sp³-hybridized carbons (Fsp3) is 0.111. The van der Waals surface area contributed by atoms with E-state index in [-0.39, 0.29) is 12.5 Å². The molecule has 0 heterocycles. The summed E-state index contributed by atoms with van der Waals surface area (Å²) in [4.78, 5) is 10.4. The average molecular weight is 192 g/mol. The molecule has 5 nitrogen and oxygen atoms in total. The molecule has 0 aliphatic rings. The number of hydrogen-bond acceptors (Lipinski definition) is 3. The van der Waals surface area contributed by atoms with E-state index < -0.39 is 0 Å². The lowest BCUT2D eigenvalue weighted by Crippen LogP contribution is -2.30. The van der Waals surface area contributed by atoms with Crippen LogP contribution >= 0.6 is 0 Å². The molecule has 0 saturated carbocycles. The topological polar surface area (TPSA) is 84.7 Å². The number of carbonyl (C=O) groups excluding carboxylic acids is 1. The van der Waals surface area contributed by atoms with Gasteiger partial charge in [-0.1, -0.05) is 18.2 Å². The molecule has 0 atom stereocenters. The van der Waals surface area contributed by atoms with Crippen molar-refractivity contribution >= 4 is 17.9 Å². The minimum absolute atomic E-state index is 0.0734. The van der Waals surface area contributed by atoms with Crippen molar-refractivity contribution in [3.63, 3.8) is 0 Å². The fourth-order valence-electron chi connectivity index (χ4n) is 1.01. The van der Waals surface area contributed by atoms with Crippen LogP contribution in [0.4, 0.5) is 5.69 Å². The lowest BCUT2D eigenvalue weighted by atomic mass is 10.3. The Balaban J connectivity index is 2.88. The second-order valence-electron chi connectivity index (χ2n) is 2.61. The molecule has 1 aromatic rings. The molecular weight excluding hydrogens is 180 g/mol. The summed E-state index contributed by atoms with van der Waals surface area (Å²) >= 11 is 0. The monoisotopic (exact) mass is 192 g/mol. The van der Waals surface area contributed by atoms with Crippen molar-refractivity contribution in [2.45, 2.75) is 0 Å². The molecule has 4 N–H and O–H groups in total. The number of hydrogen-bond donors (Lipinski definition) is 2. The van der Waals surface area contributed by atoms with E-state index in [1.807, 2.05) is 30.3 Å². The number of rotatable bonds is 4. The van der Waals surface area contributed by atoms with Gasteiger partial charge in [0.15, 0.2) is 0 Å². The molecule has 0 fully saturated rings. The van der Waals surface area contributed by atoms with E-state index in [9.17, 15) is 4.79 Å². The molecule has 0 saturated heterocycles. The Morgan fingerprint density at radius 1 is 1.36 bits per heavy atom. The van der Waals surface area contributed by atoms with Gasteiger partial charge in [0.05, 0.1) is 12.2 Å². The van der Waals surface area contributed by atoms with Crippen molar-refractivity contribution in [1.82, 2.24) is 0 Å². The predicted molar refractivity (Wildman–Crippen MR) is 55.7 cm³/mol. The number of anilines is 1. The van der Waals surface area contributed by atoms with Gasteiger partial charge in [0.25, 0.3) is 0 Å². The van der Waals surface area contributed by atoms with Gasteiger partial charge >= 0.3 is 0 Å². The minimum Gasteiger partial charge on any atom is -0.369 e. The molecule has 1 rings (SSSR count). The van der Waals surface area contributed by atoms with Crippen LogP contribution in [0.3, 0.4) is 0 Å². The number of nitrogens with two attached hydrogens (primary N) is 2. The highest BCUT2D eigenvalue weighted by Gasteiger charge is 2.02. The molecule has 74 valence electrons. The fourth-order valence-corrected chi connectivity index (χ4v) is 1.01. The summed E-state index contributed by atoms with van der Waals surface area (Å²) in [6.45, 7) is 0.127. The molecule has 0 aliphatic heterocycles. The molecule has 0 spiro atoms. The van der Waals surface area contributed by atoms with Gasteiger partial charge in [0, 0.05) is 0 Å². The van der Waals surface area contributed by atoms with E-state index in [4.69, 9.17) is 11.5 Å². The lowest BCUT2D eigenvalue weighted by molar-refractivity contribution is -0.106. The van der Waals surface area contributed by atoms with E-state index in [1.165, 1.54) is 5.01 Å². The quantitative estimate of drug-likeness (QED) is 0.301. The summed E-state index contributed by atoms with van der Waals surface area (Å²) in [5, 5.41) is 5.24. The highest BCUT2D eigenvalue weighted by Crippen LogP contribution is 2.12. The van der Waals surface area contributed by atoms with Crippen LogP contribution in [-0.2, 0) is 4.79 Å². The first kappa shape index (κ1) is 10.0. The van der Waals surface area contributed by atoms with Crippen LogP contribution in [0.2, 0.25) is 0 Å². The smallest absolute Gasteiger partial charge is 0.209 e. The highest BCUT2D eigenvalue weighted by atomic mass is 16.1. The zero-order valence-electron chi connectivity index (χ0n) is 7.63. The first-order valence-electron chi connectivity index (χ1n) is 4.10. The van der Waals surface area contributed by atoms with Gasteiger partial charge in [-0.3, -0.25) is 5.01 Å². The van der Waals surface area contributed by atoms with Crippen molar-refractivity contribution in [3.8, 4) is 0 Å².